The maximum absolute atomic E-state index is 12.3. The Bertz CT molecular complexity index is 681. The van der Waals surface area contributed by atoms with Crippen molar-refractivity contribution in [3.63, 3.8) is 0 Å². The van der Waals surface area contributed by atoms with Gasteiger partial charge in [-0.1, -0.05) is 0 Å². The van der Waals surface area contributed by atoms with Gasteiger partial charge in [-0.3, -0.25) is 14.3 Å². The van der Waals surface area contributed by atoms with Crippen LogP contribution in [0.15, 0.2) is 23.7 Å². The summed E-state index contributed by atoms with van der Waals surface area (Å²) in [6.07, 6.45) is 2.73. The molecule has 3 rings (SSSR count). The predicted molar refractivity (Wildman–Crippen MR) is 81.3 cm³/mol. The van der Waals surface area contributed by atoms with Gasteiger partial charge in [-0.05, 0) is 30.1 Å². The number of aryl methyl sites for hydroxylation is 1. The van der Waals surface area contributed by atoms with Gasteiger partial charge in [0.2, 0.25) is 5.91 Å². The second kappa shape index (κ2) is 5.88. The molecule has 2 aromatic rings. The highest BCUT2D eigenvalue weighted by atomic mass is 32.1. The quantitative estimate of drug-likeness (QED) is 0.914. The van der Waals surface area contributed by atoms with Crippen molar-refractivity contribution in [2.24, 2.45) is 7.05 Å². The van der Waals surface area contributed by atoms with Crippen LogP contribution in [0.25, 0.3) is 0 Å². The smallest absolute Gasteiger partial charge is 0.271 e. The Hall–Kier alpha value is -2.22. The Morgan fingerprint density at radius 3 is 2.86 bits per heavy atom. The number of piperidine rings is 1. The Balaban J connectivity index is 1.86. The van der Waals surface area contributed by atoms with Crippen molar-refractivity contribution in [3.8, 4) is 0 Å². The second-order valence-corrected chi connectivity index (χ2v) is 6.00. The van der Waals surface area contributed by atoms with Gasteiger partial charge in [-0.15, -0.1) is 0 Å². The molecule has 1 aliphatic rings. The summed E-state index contributed by atoms with van der Waals surface area (Å²) in [5.41, 5.74) is 1.31. The first-order valence-corrected chi connectivity index (χ1v) is 7.86. The van der Waals surface area contributed by atoms with Crippen molar-refractivity contribution < 1.29 is 9.59 Å². The molecule has 0 unspecified atom stereocenters. The van der Waals surface area contributed by atoms with Crippen LogP contribution < -0.4 is 5.32 Å². The number of carbonyl (C=O) groups excluding carboxylic acids is 2. The molecule has 3 heterocycles. The molecular weight excluding hydrogens is 302 g/mol. The van der Waals surface area contributed by atoms with Crippen LogP contribution in [0.4, 0.5) is 0 Å². The van der Waals surface area contributed by atoms with Gasteiger partial charge in [0.25, 0.3) is 5.91 Å². The first kappa shape index (κ1) is 14.7. The lowest BCUT2D eigenvalue weighted by Crippen LogP contribution is -2.51. The fourth-order valence-electron chi connectivity index (χ4n) is 2.84. The molecule has 22 heavy (non-hydrogen) atoms. The van der Waals surface area contributed by atoms with Gasteiger partial charge in [-0.2, -0.15) is 9.47 Å². The van der Waals surface area contributed by atoms with E-state index in [0.717, 1.165) is 5.69 Å². The number of rotatable bonds is 3. The summed E-state index contributed by atoms with van der Waals surface area (Å²) in [5, 5.41) is 8.95. The lowest BCUT2D eigenvalue weighted by atomic mass is 9.93. The van der Waals surface area contributed by atoms with E-state index in [-0.39, 0.29) is 23.9 Å². The number of nitrogens with zero attached hydrogens (tertiary/aromatic N) is 4. The van der Waals surface area contributed by atoms with Gasteiger partial charge in [-0.25, -0.2) is 0 Å². The molecule has 2 atom stereocenters. The third kappa shape index (κ3) is 2.61. The van der Waals surface area contributed by atoms with Crippen molar-refractivity contribution in [1.82, 2.24) is 24.4 Å². The van der Waals surface area contributed by atoms with Crippen molar-refractivity contribution in [1.29, 1.82) is 0 Å². The molecule has 8 heteroatoms. The van der Waals surface area contributed by atoms with E-state index in [1.807, 2.05) is 13.1 Å². The molecule has 1 saturated heterocycles. The monoisotopic (exact) mass is 319 g/mol. The molecule has 2 aromatic heterocycles. The number of aromatic nitrogens is 3. The fraction of sp³-hybridized carbons (Fsp3) is 0.429. The van der Waals surface area contributed by atoms with Crippen LogP contribution in [0.2, 0.25) is 0 Å². The highest BCUT2D eigenvalue weighted by molar-refractivity contribution is 7.03. The number of carbonyl (C=O) groups is 2. The molecule has 2 amide bonds. The van der Waals surface area contributed by atoms with Gasteiger partial charge in [0.1, 0.15) is 5.69 Å². The molecule has 0 aromatic carbocycles. The number of nitrogens with one attached hydrogen (secondary N) is 1. The summed E-state index contributed by atoms with van der Waals surface area (Å²) in [6.45, 7) is 0. The molecule has 0 saturated carbocycles. The number of likely N-dealkylation sites (N-methyl/N-ethyl adjacent to an activating group) is 1. The molecule has 0 bridgehead atoms. The van der Waals surface area contributed by atoms with E-state index in [2.05, 4.69) is 14.8 Å². The Kier molecular flexibility index (Phi) is 3.93. The zero-order valence-electron chi connectivity index (χ0n) is 12.4. The maximum Gasteiger partial charge on any atom is 0.271 e. The Morgan fingerprint density at radius 2 is 2.23 bits per heavy atom. The highest BCUT2D eigenvalue weighted by Gasteiger charge is 2.37. The van der Waals surface area contributed by atoms with Crippen molar-refractivity contribution in [3.05, 3.63) is 35.1 Å². The Morgan fingerprint density at radius 1 is 1.41 bits per heavy atom. The largest absolute Gasteiger partial charge is 0.345 e. The summed E-state index contributed by atoms with van der Waals surface area (Å²) >= 11 is 1.24. The number of hydrogen-bond donors (Lipinski definition) is 1. The summed E-state index contributed by atoms with van der Waals surface area (Å²) in [5.74, 6) is -0.133. The SMILES string of the molecule is CN1C(=O)CC[C@@H](NC(=O)c2ccsn2)[C@@H]1c1ccnn1C. The third-order valence-electron chi connectivity index (χ3n) is 4.01. The summed E-state index contributed by atoms with van der Waals surface area (Å²) < 4.78 is 5.79. The van der Waals surface area contributed by atoms with Gasteiger partial charge < -0.3 is 10.2 Å². The number of amides is 2. The van der Waals surface area contributed by atoms with Crippen LogP contribution in [0.1, 0.15) is 35.1 Å². The standard InChI is InChI=1S/C14H17N5O2S/c1-18-12(20)4-3-9(13(18)11-5-7-15-19(11)2)16-14(21)10-6-8-22-17-10/h5-9,13H,3-4H2,1-2H3,(H,16,21)/t9-,13-/m1/s1. The van der Waals surface area contributed by atoms with Crippen molar-refractivity contribution in [2.75, 3.05) is 7.05 Å². The van der Waals surface area contributed by atoms with Gasteiger partial charge in [0, 0.05) is 32.1 Å². The normalized spacial score (nSPS) is 21.9. The van der Waals surface area contributed by atoms with Crippen LogP contribution in [-0.2, 0) is 11.8 Å². The van der Waals surface area contributed by atoms with E-state index < -0.39 is 0 Å². The molecule has 7 nitrogen and oxygen atoms in total. The molecular formula is C14H17N5O2S. The van der Waals surface area contributed by atoms with E-state index in [4.69, 9.17) is 0 Å². The number of hydrogen-bond acceptors (Lipinski definition) is 5. The van der Waals surface area contributed by atoms with E-state index >= 15 is 0 Å². The van der Waals surface area contributed by atoms with Gasteiger partial charge in [0.05, 0.1) is 17.8 Å². The lowest BCUT2D eigenvalue weighted by molar-refractivity contribution is -0.136. The second-order valence-electron chi connectivity index (χ2n) is 5.33. The molecule has 1 N–H and O–H groups in total. The van der Waals surface area contributed by atoms with Crippen LogP contribution >= 0.6 is 11.5 Å². The van der Waals surface area contributed by atoms with Crippen molar-refractivity contribution in [2.45, 2.75) is 24.9 Å². The van der Waals surface area contributed by atoms with Crippen LogP contribution in [-0.4, -0.2) is 44.0 Å². The molecule has 1 aliphatic heterocycles. The first-order chi connectivity index (χ1) is 10.6. The van der Waals surface area contributed by atoms with Crippen LogP contribution in [0, 0.1) is 0 Å². The van der Waals surface area contributed by atoms with E-state index in [1.54, 1.807) is 34.3 Å². The fourth-order valence-corrected chi connectivity index (χ4v) is 3.35. The first-order valence-electron chi connectivity index (χ1n) is 7.02. The van der Waals surface area contributed by atoms with E-state index in [1.165, 1.54) is 11.5 Å². The minimum Gasteiger partial charge on any atom is -0.345 e. The minimum atomic E-state index is -0.226. The van der Waals surface area contributed by atoms with Crippen molar-refractivity contribution >= 4 is 23.3 Å². The zero-order chi connectivity index (χ0) is 15.7. The summed E-state index contributed by atoms with van der Waals surface area (Å²) in [6, 6.07) is 3.18. The van der Waals surface area contributed by atoms with E-state index in [9.17, 15) is 9.59 Å². The third-order valence-corrected chi connectivity index (χ3v) is 4.57. The summed E-state index contributed by atoms with van der Waals surface area (Å²) in [7, 11) is 3.60. The maximum atomic E-state index is 12.3. The molecule has 0 aliphatic carbocycles. The van der Waals surface area contributed by atoms with Gasteiger partial charge in [0.15, 0.2) is 0 Å². The summed E-state index contributed by atoms with van der Waals surface area (Å²) in [4.78, 5) is 26.0. The van der Waals surface area contributed by atoms with Crippen LogP contribution in [0.5, 0.6) is 0 Å². The van der Waals surface area contributed by atoms with Gasteiger partial charge >= 0.3 is 0 Å². The molecule has 0 spiro atoms. The molecule has 1 fully saturated rings. The zero-order valence-corrected chi connectivity index (χ0v) is 13.2. The molecule has 116 valence electrons. The average Bonchev–Trinajstić information content (AvgIpc) is 3.15. The number of likely N-dealkylation sites (tertiary alicyclic amines) is 1. The molecule has 0 radical (unpaired) electrons. The lowest BCUT2D eigenvalue weighted by Gasteiger charge is -2.39. The Labute approximate surface area is 132 Å². The highest BCUT2D eigenvalue weighted by Crippen LogP contribution is 2.30. The average molecular weight is 319 g/mol. The van der Waals surface area contributed by atoms with Crippen LogP contribution in [0.3, 0.4) is 0 Å². The topological polar surface area (TPSA) is 80.1 Å². The minimum absolute atomic E-state index is 0.0744. The van der Waals surface area contributed by atoms with E-state index in [0.29, 0.717) is 18.5 Å². The predicted octanol–water partition coefficient (Wildman–Crippen LogP) is 0.968.